The highest BCUT2D eigenvalue weighted by Crippen LogP contribution is 2.12. The largest absolute Gasteiger partial charge is 0.480 e. The third-order valence-electron chi connectivity index (χ3n) is 11.3. The minimum atomic E-state index is -1.81. The van der Waals surface area contributed by atoms with E-state index in [0.29, 0.717) is 12.0 Å². The lowest BCUT2D eigenvalue weighted by molar-refractivity contribution is -0.144. The maximum Gasteiger partial charge on any atom is 0.326 e. The Morgan fingerprint density at radius 3 is 1.46 bits per heavy atom. The lowest BCUT2D eigenvalue weighted by Crippen LogP contribution is -2.62. The molecule has 1 aromatic carbocycles. The van der Waals surface area contributed by atoms with Crippen LogP contribution in [-0.2, 0) is 54.4 Å². The summed E-state index contributed by atoms with van der Waals surface area (Å²) in [6.45, 7) is 15.8. The van der Waals surface area contributed by atoms with Crippen molar-refractivity contribution in [2.75, 3.05) is 6.54 Å². The average Bonchev–Trinajstić information content (AvgIpc) is 3.27. The van der Waals surface area contributed by atoms with Gasteiger partial charge in [0.15, 0.2) is 0 Å². The third-order valence-corrected chi connectivity index (χ3v) is 11.3. The molecule has 0 aliphatic carbocycles. The Morgan fingerprint density at radius 2 is 1.00 bits per heavy atom. The van der Waals surface area contributed by atoms with Crippen molar-refractivity contribution >= 4 is 59.1 Å². The summed E-state index contributed by atoms with van der Waals surface area (Å²) in [5.74, 6) is -10.2. The number of benzene rings is 1. The quantitative estimate of drug-likeness (QED) is 0.0382. The SMILES string of the molecule is CC[C@H](C)[C@H](N)C(=O)N[C@@H](CC(C)C)C(=O)NCC(=O)N[C@@H](CC(C)C)C(=O)N[C@@H](Cc1ccccc1)C(=O)N[C@H](C(=O)N[C@@H](CCC(N)=O)C(=O)N[C@H](C(=O)N[C@H](C(=O)O)C(C)C)[C@@H](C)O)[C@@H](C)O. The molecular formula is C47H78N10O13. The molecule has 23 heteroatoms. The van der Waals surface area contributed by atoms with Gasteiger partial charge in [-0.25, -0.2) is 4.79 Å². The Labute approximate surface area is 409 Å². The van der Waals surface area contributed by atoms with Crippen molar-refractivity contribution in [2.45, 2.75) is 168 Å². The Morgan fingerprint density at radius 1 is 0.557 bits per heavy atom. The standard InChI is InChI=1S/C47H78N10O13/c1-11-26(8)36(49)44(66)54-31(19-23(2)3)40(62)50-22-35(61)51-32(20-24(4)5)42(64)53-33(21-29-15-13-12-14-16-29)43(65)57-38(27(9)58)45(67)52-30(17-18-34(48)60)41(63)56-39(28(10)59)46(68)55-37(25(6)7)47(69)70/h12-16,23-28,30-33,36-39,58-59H,11,17-22,49H2,1-10H3,(H2,48,60)(H,50,62)(H,51,61)(H,52,67)(H,53,64)(H,54,66)(H,55,68)(H,56,63)(H,57,65)(H,69,70)/t26-,27+,28+,30-,31-,32-,33-,36-,37-,38-,39-/m0/s1. The second-order valence-corrected chi connectivity index (χ2v) is 18.9. The number of carbonyl (C=O) groups is 10. The fourth-order valence-corrected chi connectivity index (χ4v) is 6.95. The van der Waals surface area contributed by atoms with E-state index >= 15 is 0 Å². The molecule has 11 atom stereocenters. The van der Waals surface area contributed by atoms with Gasteiger partial charge < -0.3 is 69.3 Å². The van der Waals surface area contributed by atoms with Crippen LogP contribution in [0, 0.1) is 23.7 Å². The summed E-state index contributed by atoms with van der Waals surface area (Å²) in [5, 5.41) is 50.4. The van der Waals surface area contributed by atoms with Crippen LogP contribution >= 0.6 is 0 Å². The molecule has 1 aromatic rings. The first kappa shape index (κ1) is 61.8. The van der Waals surface area contributed by atoms with Gasteiger partial charge >= 0.3 is 5.97 Å². The molecule has 9 amide bonds. The number of aliphatic carboxylic acids is 1. The zero-order valence-corrected chi connectivity index (χ0v) is 42.0. The smallest absolute Gasteiger partial charge is 0.326 e. The number of carbonyl (C=O) groups excluding carboxylic acids is 9. The zero-order chi connectivity index (χ0) is 53.6. The summed E-state index contributed by atoms with van der Waals surface area (Å²) < 4.78 is 0. The van der Waals surface area contributed by atoms with Gasteiger partial charge in [0.2, 0.25) is 53.2 Å². The zero-order valence-electron chi connectivity index (χ0n) is 42.0. The van der Waals surface area contributed by atoms with E-state index in [4.69, 9.17) is 11.5 Å². The molecule has 0 bridgehead atoms. The van der Waals surface area contributed by atoms with Gasteiger partial charge in [0.25, 0.3) is 0 Å². The molecule has 0 radical (unpaired) electrons. The number of amides is 9. The molecule has 70 heavy (non-hydrogen) atoms. The molecule has 1 rings (SSSR count). The summed E-state index contributed by atoms with van der Waals surface area (Å²) in [6.07, 6.45) is -3.34. The van der Waals surface area contributed by atoms with Crippen molar-refractivity contribution in [3.63, 3.8) is 0 Å². The number of carboxylic acids is 1. The number of aliphatic hydroxyl groups excluding tert-OH is 2. The Bertz CT molecular complexity index is 1930. The predicted octanol–water partition coefficient (Wildman–Crippen LogP) is -2.03. The van der Waals surface area contributed by atoms with Crippen LogP contribution in [-0.4, -0.2) is 142 Å². The van der Waals surface area contributed by atoms with E-state index < -0.39 is 145 Å². The Balaban J connectivity index is 3.40. The second-order valence-electron chi connectivity index (χ2n) is 18.9. The summed E-state index contributed by atoms with van der Waals surface area (Å²) >= 11 is 0. The Hall–Kier alpha value is -6.20. The van der Waals surface area contributed by atoms with E-state index in [2.05, 4.69) is 42.5 Å². The summed E-state index contributed by atoms with van der Waals surface area (Å²) in [4.78, 5) is 132. The van der Waals surface area contributed by atoms with Crippen LogP contribution in [0.1, 0.15) is 107 Å². The van der Waals surface area contributed by atoms with Crippen molar-refractivity contribution in [2.24, 2.45) is 35.1 Å². The maximum atomic E-state index is 14.1. The molecule has 15 N–H and O–H groups in total. The van der Waals surface area contributed by atoms with Gasteiger partial charge in [-0.3, -0.25) is 43.2 Å². The van der Waals surface area contributed by atoms with Crippen molar-refractivity contribution in [3.05, 3.63) is 35.9 Å². The van der Waals surface area contributed by atoms with E-state index in [1.54, 1.807) is 44.2 Å². The van der Waals surface area contributed by atoms with E-state index in [1.165, 1.54) is 13.8 Å². The van der Waals surface area contributed by atoms with Crippen LogP contribution in [0.3, 0.4) is 0 Å². The van der Waals surface area contributed by atoms with E-state index in [1.807, 2.05) is 27.7 Å². The van der Waals surface area contributed by atoms with E-state index in [9.17, 15) is 63.3 Å². The monoisotopic (exact) mass is 991 g/mol. The fourth-order valence-electron chi connectivity index (χ4n) is 6.95. The highest BCUT2D eigenvalue weighted by molar-refractivity contribution is 5.98. The summed E-state index contributed by atoms with van der Waals surface area (Å²) in [6, 6.07) is -2.73. The van der Waals surface area contributed by atoms with Crippen molar-refractivity contribution in [1.29, 1.82) is 0 Å². The molecule has 0 fully saturated rings. The van der Waals surface area contributed by atoms with E-state index in [0.717, 1.165) is 13.8 Å². The van der Waals surface area contributed by atoms with Gasteiger partial charge in [0.05, 0.1) is 24.8 Å². The van der Waals surface area contributed by atoms with Crippen molar-refractivity contribution in [3.8, 4) is 0 Å². The Kier molecular flexibility index (Phi) is 26.9. The minimum Gasteiger partial charge on any atom is -0.480 e. The molecule has 0 aliphatic heterocycles. The normalized spacial score (nSPS) is 16.1. The molecule has 0 aromatic heterocycles. The highest BCUT2D eigenvalue weighted by Gasteiger charge is 2.37. The van der Waals surface area contributed by atoms with Gasteiger partial charge in [0, 0.05) is 12.8 Å². The number of carboxylic acid groups (broad SMARTS) is 1. The van der Waals surface area contributed by atoms with Gasteiger partial charge in [0.1, 0.15) is 42.3 Å². The number of hydrogen-bond donors (Lipinski definition) is 13. The molecule has 0 heterocycles. The number of aliphatic hydroxyl groups is 2. The molecule has 0 saturated heterocycles. The lowest BCUT2D eigenvalue weighted by Gasteiger charge is -2.29. The summed E-state index contributed by atoms with van der Waals surface area (Å²) in [5.41, 5.74) is 12.0. The number of nitrogens with one attached hydrogen (secondary N) is 8. The minimum absolute atomic E-state index is 0.0188. The molecule has 0 spiro atoms. The van der Waals surface area contributed by atoms with Crippen molar-refractivity contribution in [1.82, 2.24) is 42.5 Å². The number of primary amides is 1. The third kappa shape index (κ3) is 22.0. The summed E-state index contributed by atoms with van der Waals surface area (Å²) in [7, 11) is 0. The molecular weight excluding hydrogens is 913 g/mol. The molecule has 23 nitrogen and oxygen atoms in total. The van der Waals surface area contributed by atoms with Crippen LogP contribution in [0.5, 0.6) is 0 Å². The average molecular weight is 991 g/mol. The van der Waals surface area contributed by atoms with Gasteiger partial charge in [-0.15, -0.1) is 0 Å². The molecule has 0 saturated carbocycles. The molecule has 394 valence electrons. The highest BCUT2D eigenvalue weighted by atomic mass is 16.4. The van der Waals surface area contributed by atoms with E-state index in [-0.39, 0.29) is 37.0 Å². The first-order valence-electron chi connectivity index (χ1n) is 23.7. The maximum absolute atomic E-state index is 14.1. The van der Waals surface area contributed by atoms with Crippen molar-refractivity contribution < 1.29 is 63.3 Å². The predicted molar refractivity (Wildman–Crippen MR) is 257 cm³/mol. The van der Waals surface area contributed by atoms with Gasteiger partial charge in [-0.05, 0) is 62.3 Å². The fraction of sp³-hybridized carbons (Fsp3) is 0.660. The first-order valence-corrected chi connectivity index (χ1v) is 23.7. The van der Waals surface area contributed by atoms with Crippen LogP contribution in [0.25, 0.3) is 0 Å². The number of rotatable bonds is 31. The van der Waals surface area contributed by atoms with Crippen LogP contribution in [0.2, 0.25) is 0 Å². The number of hydrogen-bond acceptors (Lipinski definition) is 13. The topological polar surface area (TPSA) is 380 Å². The lowest BCUT2D eigenvalue weighted by atomic mass is 9.97. The van der Waals surface area contributed by atoms with Crippen LogP contribution in [0.4, 0.5) is 0 Å². The first-order chi connectivity index (χ1) is 32.6. The number of nitrogens with two attached hydrogens (primary N) is 2. The van der Waals surface area contributed by atoms with Gasteiger partial charge in [-0.2, -0.15) is 0 Å². The second kappa shape index (κ2) is 30.4. The van der Waals surface area contributed by atoms with Gasteiger partial charge in [-0.1, -0.05) is 92.1 Å². The molecule has 0 unspecified atom stereocenters. The molecule has 0 aliphatic rings. The van der Waals surface area contributed by atoms with Crippen LogP contribution in [0.15, 0.2) is 30.3 Å². The van der Waals surface area contributed by atoms with Crippen LogP contribution < -0.4 is 54.0 Å².